The number of nitrogens with zero attached hydrogens (tertiary/aromatic N) is 3. The van der Waals surface area contributed by atoms with Crippen LogP contribution < -0.4 is 5.32 Å². The van der Waals surface area contributed by atoms with Crippen LogP contribution in [0, 0.1) is 18.8 Å². The van der Waals surface area contributed by atoms with E-state index in [1.807, 2.05) is 50.6 Å². The molecule has 3 aliphatic rings. The minimum Gasteiger partial charge on any atom is -0.370 e. The summed E-state index contributed by atoms with van der Waals surface area (Å²) in [5.74, 6) is 1.99. The summed E-state index contributed by atoms with van der Waals surface area (Å²) >= 11 is 0. The molecule has 5 rings (SSSR count). The number of aromatic nitrogens is 2. The first-order valence-corrected chi connectivity index (χ1v) is 10.3. The highest BCUT2D eigenvalue weighted by molar-refractivity contribution is 5.94. The van der Waals surface area contributed by atoms with E-state index < -0.39 is 0 Å². The van der Waals surface area contributed by atoms with Crippen LogP contribution in [0.1, 0.15) is 34.6 Å². The zero-order valence-corrected chi connectivity index (χ0v) is 16.6. The zero-order valence-electron chi connectivity index (χ0n) is 16.6. The van der Waals surface area contributed by atoms with Crippen molar-refractivity contribution in [1.82, 2.24) is 19.8 Å². The van der Waals surface area contributed by atoms with E-state index in [1.54, 1.807) is 0 Å². The lowest BCUT2D eigenvalue weighted by molar-refractivity contribution is 0.00188. The fourth-order valence-corrected chi connectivity index (χ4v) is 5.45. The third-order valence-corrected chi connectivity index (χ3v) is 6.95. The molecule has 0 aliphatic carbocycles. The van der Waals surface area contributed by atoms with Gasteiger partial charge in [0.1, 0.15) is 5.82 Å². The van der Waals surface area contributed by atoms with Crippen molar-refractivity contribution in [1.29, 1.82) is 0 Å². The van der Waals surface area contributed by atoms with Crippen LogP contribution >= 0.6 is 0 Å². The Morgan fingerprint density at radius 3 is 2.93 bits per heavy atom. The van der Waals surface area contributed by atoms with E-state index in [-0.39, 0.29) is 11.5 Å². The van der Waals surface area contributed by atoms with Crippen LogP contribution in [0.2, 0.25) is 0 Å². The molecule has 2 aromatic rings. The Hall–Kier alpha value is -2.18. The number of likely N-dealkylation sites (tertiary alicyclic amines) is 1. The van der Waals surface area contributed by atoms with Gasteiger partial charge in [0.15, 0.2) is 0 Å². The predicted octanol–water partition coefficient (Wildman–Crippen LogP) is 2.14. The topological polar surface area (TPSA) is 59.4 Å². The van der Waals surface area contributed by atoms with Gasteiger partial charge in [-0.15, -0.1) is 0 Å². The highest BCUT2D eigenvalue weighted by Gasteiger charge is 2.62. The van der Waals surface area contributed by atoms with Crippen LogP contribution in [0.3, 0.4) is 0 Å². The summed E-state index contributed by atoms with van der Waals surface area (Å²) in [6.07, 6.45) is 6.39. The van der Waals surface area contributed by atoms with E-state index in [0.717, 1.165) is 43.9 Å². The van der Waals surface area contributed by atoms with Crippen molar-refractivity contribution >= 4 is 5.91 Å². The third kappa shape index (κ3) is 2.95. The molecule has 28 heavy (non-hydrogen) atoms. The Morgan fingerprint density at radius 2 is 2.18 bits per heavy atom. The summed E-state index contributed by atoms with van der Waals surface area (Å²) in [5, 5.41) is 3.17. The van der Waals surface area contributed by atoms with Crippen LogP contribution in [0.5, 0.6) is 0 Å². The lowest BCUT2D eigenvalue weighted by atomic mass is 9.73. The van der Waals surface area contributed by atoms with Gasteiger partial charge in [-0.1, -0.05) is 17.7 Å². The molecule has 1 N–H and O–H groups in total. The largest absolute Gasteiger partial charge is 0.370 e. The number of nitrogens with one attached hydrogen (secondary N) is 1. The molecule has 1 spiro atoms. The molecule has 4 heterocycles. The van der Waals surface area contributed by atoms with Crippen molar-refractivity contribution in [2.45, 2.75) is 38.0 Å². The molecule has 0 saturated carbocycles. The van der Waals surface area contributed by atoms with Crippen molar-refractivity contribution < 1.29 is 9.53 Å². The second-order valence-electron chi connectivity index (χ2n) is 8.73. The molecule has 3 aliphatic heterocycles. The number of hydrogen-bond donors (Lipinski definition) is 1. The predicted molar refractivity (Wildman–Crippen MR) is 106 cm³/mol. The molecule has 1 aromatic carbocycles. The van der Waals surface area contributed by atoms with E-state index in [0.29, 0.717) is 24.5 Å². The van der Waals surface area contributed by atoms with Gasteiger partial charge < -0.3 is 14.6 Å². The average Bonchev–Trinajstić information content (AvgIpc) is 3.42. The van der Waals surface area contributed by atoms with E-state index in [4.69, 9.17) is 4.74 Å². The number of carbonyl (C=O) groups excluding carboxylic acids is 1. The number of benzene rings is 1. The molecular weight excluding hydrogens is 352 g/mol. The number of imidazole rings is 1. The Bertz CT molecular complexity index is 877. The normalized spacial score (nSPS) is 31.3. The first-order valence-electron chi connectivity index (χ1n) is 10.3. The maximum atomic E-state index is 12.5. The smallest absolute Gasteiger partial charge is 0.251 e. The van der Waals surface area contributed by atoms with Crippen molar-refractivity contribution in [3.05, 3.63) is 53.6 Å². The molecule has 3 saturated heterocycles. The highest BCUT2D eigenvalue weighted by atomic mass is 16.5. The van der Waals surface area contributed by atoms with E-state index in [2.05, 4.69) is 19.8 Å². The van der Waals surface area contributed by atoms with Gasteiger partial charge >= 0.3 is 0 Å². The zero-order chi connectivity index (χ0) is 19.3. The van der Waals surface area contributed by atoms with Gasteiger partial charge in [0.25, 0.3) is 5.91 Å². The number of ether oxygens (including phenoxy) is 1. The minimum atomic E-state index is -0.0188. The van der Waals surface area contributed by atoms with Crippen LogP contribution in [0.15, 0.2) is 36.7 Å². The van der Waals surface area contributed by atoms with Crippen molar-refractivity contribution in [2.75, 3.05) is 19.6 Å². The Morgan fingerprint density at radius 1 is 1.36 bits per heavy atom. The van der Waals surface area contributed by atoms with Crippen LogP contribution in [-0.2, 0) is 18.3 Å². The molecule has 3 fully saturated rings. The molecule has 148 valence electrons. The van der Waals surface area contributed by atoms with Crippen molar-refractivity contribution in [2.24, 2.45) is 18.9 Å². The maximum absolute atomic E-state index is 12.5. The maximum Gasteiger partial charge on any atom is 0.251 e. The van der Waals surface area contributed by atoms with Gasteiger partial charge in [0.05, 0.1) is 18.2 Å². The third-order valence-electron chi connectivity index (χ3n) is 6.95. The van der Waals surface area contributed by atoms with Crippen molar-refractivity contribution in [3.63, 3.8) is 0 Å². The quantitative estimate of drug-likeness (QED) is 0.863. The van der Waals surface area contributed by atoms with Gasteiger partial charge in [-0.2, -0.15) is 0 Å². The monoisotopic (exact) mass is 380 g/mol. The number of carbonyl (C=O) groups is 1. The van der Waals surface area contributed by atoms with Crippen LogP contribution in [0.4, 0.5) is 0 Å². The molecule has 4 atom stereocenters. The van der Waals surface area contributed by atoms with E-state index >= 15 is 0 Å². The Kier molecular flexibility index (Phi) is 4.29. The number of aryl methyl sites for hydroxylation is 2. The van der Waals surface area contributed by atoms with Crippen molar-refractivity contribution in [3.8, 4) is 0 Å². The molecule has 1 aromatic heterocycles. The number of rotatable bonds is 5. The molecule has 0 unspecified atom stereocenters. The SMILES string of the molecule is Cc1ccc(C(=O)NC[C@H]2[C@H]3CN(Cc4nccn4C)C[C@]34CC[C@H]2O4)cc1. The van der Waals surface area contributed by atoms with E-state index in [9.17, 15) is 4.79 Å². The summed E-state index contributed by atoms with van der Waals surface area (Å²) < 4.78 is 8.60. The number of amides is 1. The van der Waals surface area contributed by atoms with Crippen LogP contribution in [0.25, 0.3) is 0 Å². The fraction of sp³-hybridized carbons (Fsp3) is 0.545. The highest BCUT2D eigenvalue weighted by Crippen LogP contribution is 2.54. The summed E-state index contributed by atoms with van der Waals surface area (Å²) in [5.41, 5.74) is 1.88. The Labute approximate surface area is 165 Å². The molecule has 1 amide bonds. The second-order valence-corrected chi connectivity index (χ2v) is 8.73. The molecule has 6 heteroatoms. The first kappa shape index (κ1) is 17.9. The van der Waals surface area contributed by atoms with Gasteiger partial charge in [-0.3, -0.25) is 9.69 Å². The molecule has 2 bridgehead atoms. The standard InChI is InChI=1S/C22H28N4O2/c1-15-3-5-16(6-4-15)21(27)24-11-17-18-12-26(13-20-23-9-10-25(20)2)14-22(18)8-7-19(17)28-22/h3-6,9-10,17-19H,7-8,11-14H2,1-2H3,(H,24,27)/t17-,18+,19+,22+/m0/s1. The summed E-state index contributed by atoms with van der Waals surface area (Å²) in [6.45, 7) is 5.58. The lowest BCUT2D eigenvalue weighted by Crippen LogP contribution is -2.41. The summed E-state index contributed by atoms with van der Waals surface area (Å²) in [4.78, 5) is 19.5. The first-order chi connectivity index (χ1) is 13.5. The lowest BCUT2D eigenvalue weighted by Gasteiger charge is -2.29. The summed E-state index contributed by atoms with van der Waals surface area (Å²) in [6, 6.07) is 7.76. The number of fused-ring (bicyclic) bond motifs is 1. The average molecular weight is 380 g/mol. The minimum absolute atomic E-state index is 0.0136. The number of hydrogen-bond acceptors (Lipinski definition) is 4. The molecule has 6 nitrogen and oxygen atoms in total. The summed E-state index contributed by atoms with van der Waals surface area (Å²) in [7, 11) is 2.04. The second kappa shape index (κ2) is 6.71. The molecule has 0 radical (unpaired) electrons. The molecular formula is C22H28N4O2. The van der Waals surface area contributed by atoms with Gasteiger partial charge in [0.2, 0.25) is 0 Å². The van der Waals surface area contributed by atoms with Gasteiger partial charge in [0, 0.05) is 56.5 Å². The fourth-order valence-electron chi connectivity index (χ4n) is 5.45. The van der Waals surface area contributed by atoms with Gasteiger partial charge in [-0.25, -0.2) is 4.98 Å². The Balaban J connectivity index is 1.25. The van der Waals surface area contributed by atoms with Gasteiger partial charge in [-0.05, 0) is 31.9 Å². The van der Waals surface area contributed by atoms with E-state index in [1.165, 1.54) is 5.56 Å². The van der Waals surface area contributed by atoms with Crippen LogP contribution in [-0.4, -0.2) is 51.7 Å².